The van der Waals surface area contributed by atoms with Crippen LogP contribution in [-0.2, 0) is 4.74 Å². The minimum atomic E-state index is -0.555. The van der Waals surface area contributed by atoms with Gasteiger partial charge in [-0.15, -0.1) is 0 Å². The summed E-state index contributed by atoms with van der Waals surface area (Å²) in [6, 6.07) is 8.76. The maximum Gasteiger partial charge on any atom is 0.338 e. The highest BCUT2D eigenvalue weighted by Gasteiger charge is 2.38. The molecular weight excluding hydrogens is 365 g/mol. The van der Waals surface area contributed by atoms with Crippen molar-refractivity contribution in [1.82, 2.24) is 0 Å². The van der Waals surface area contributed by atoms with Gasteiger partial charge in [-0.1, -0.05) is 23.2 Å². The van der Waals surface area contributed by atoms with Crippen LogP contribution in [0, 0.1) is 0 Å². The summed E-state index contributed by atoms with van der Waals surface area (Å²) in [5.41, 5.74) is 0.785. The SMILES string of the molecule is CC(C)OC(=O)c1ccc2c(c1)C(=O)N(c1ccc(Cl)cc1Cl)C2=O. The molecule has 1 aliphatic heterocycles. The smallest absolute Gasteiger partial charge is 0.338 e. The number of amides is 2. The monoisotopic (exact) mass is 377 g/mol. The molecule has 0 bridgehead atoms. The van der Waals surface area contributed by atoms with Crippen molar-refractivity contribution in [2.24, 2.45) is 0 Å². The molecule has 5 nitrogen and oxygen atoms in total. The highest BCUT2D eigenvalue weighted by molar-refractivity contribution is 6.41. The van der Waals surface area contributed by atoms with E-state index in [-0.39, 0.29) is 33.5 Å². The van der Waals surface area contributed by atoms with Gasteiger partial charge in [0.15, 0.2) is 0 Å². The Hall–Kier alpha value is -2.37. The van der Waals surface area contributed by atoms with Crippen LogP contribution in [-0.4, -0.2) is 23.9 Å². The van der Waals surface area contributed by atoms with Crippen molar-refractivity contribution in [2.75, 3.05) is 4.90 Å². The molecule has 0 fully saturated rings. The molecule has 0 saturated heterocycles. The maximum absolute atomic E-state index is 12.7. The molecule has 0 atom stereocenters. The van der Waals surface area contributed by atoms with E-state index < -0.39 is 17.8 Å². The predicted octanol–water partition coefficient (Wildman–Crippen LogP) is 4.36. The Bertz CT molecular complexity index is 908. The first-order valence-electron chi connectivity index (χ1n) is 7.48. The highest BCUT2D eigenvalue weighted by atomic mass is 35.5. The number of imide groups is 1. The quantitative estimate of drug-likeness (QED) is 0.588. The second-order valence-electron chi connectivity index (χ2n) is 5.76. The van der Waals surface area contributed by atoms with E-state index in [1.54, 1.807) is 13.8 Å². The largest absolute Gasteiger partial charge is 0.459 e. The van der Waals surface area contributed by atoms with Crippen molar-refractivity contribution >= 4 is 46.7 Å². The molecule has 2 amide bonds. The van der Waals surface area contributed by atoms with Gasteiger partial charge < -0.3 is 4.74 Å². The van der Waals surface area contributed by atoms with Crippen LogP contribution in [0.3, 0.4) is 0 Å². The van der Waals surface area contributed by atoms with Gasteiger partial charge in [-0.05, 0) is 50.2 Å². The minimum Gasteiger partial charge on any atom is -0.459 e. The Kier molecular flexibility index (Phi) is 4.54. The molecule has 0 aliphatic carbocycles. The number of fused-ring (bicyclic) bond motifs is 1. The zero-order chi connectivity index (χ0) is 18.3. The average molecular weight is 378 g/mol. The number of ether oxygens (including phenoxy) is 1. The summed E-state index contributed by atoms with van der Waals surface area (Å²) in [5.74, 6) is -1.61. The fraction of sp³-hybridized carbons (Fsp3) is 0.167. The summed E-state index contributed by atoms with van der Waals surface area (Å²) < 4.78 is 5.12. The van der Waals surface area contributed by atoms with Crippen LogP contribution in [0.25, 0.3) is 0 Å². The molecule has 1 aliphatic rings. The van der Waals surface area contributed by atoms with Gasteiger partial charge in [-0.3, -0.25) is 9.59 Å². The summed E-state index contributed by atoms with van der Waals surface area (Å²) in [6.07, 6.45) is -0.289. The van der Waals surface area contributed by atoms with E-state index >= 15 is 0 Å². The normalized spacial score (nSPS) is 13.4. The van der Waals surface area contributed by atoms with Crippen LogP contribution in [0.1, 0.15) is 44.9 Å². The van der Waals surface area contributed by atoms with Crippen molar-refractivity contribution in [3.63, 3.8) is 0 Å². The van der Waals surface area contributed by atoms with Crippen molar-refractivity contribution in [2.45, 2.75) is 20.0 Å². The van der Waals surface area contributed by atoms with Crippen LogP contribution in [0.5, 0.6) is 0 Å². The van der Waals surface area contributed by atoms with Gasteiger partial charge in [0.25, 0.3) is 11.8 Å². The van der Waals surface area contributed by atoms with Crippen LogP contribution >= 0.6 is 23.2 Å². The van der Waals surface area contributed by atoms with Gasteiger partial charge in [0.2, 0.25) is 0 Å². The van der Waals surface area contributed by atoms with Gasteiger partial charge in [-0.2, -0.15) is 0 Å². The first-order chi connectivity index (χ1) is 11.8. The first kappa shape index (κ1) is 17.5. The Morgan fingerprint density at radius 2 is 1.68 bits per heavy atom. The number of hydrogen-bond acceptors (Lipinski definition) is 4. The van der Waals surface area contributed by atoms with Crippen molar-refractivity contribution in [3.05, 3.63) is 63.1 Å². The molecule has 3 rings (SSSR count). The number of halogens is 2. The molecule has 0 aromatic heterocycles. The van der Waals surface area contributed by atoms with Gasteiger partial charge in [-0.25, -0.2) is 9.69 Å². The zero-order valence-corrected chi connectivity index (χ0v) is 14.9. The topological polar surface area (TPSA) is 63.7 Å². The molecule has 2 aromatic carbocycles. The van der Waals surface area contributed by atoms with Gasteiger partial charge in [0, 0.05) is 5.02 Å². The summed E-state index contributed by atoms with van der Waals surface area (Å²) in [5, 5.41) is 0.575. The molecule has 0 radical (unpaired) electrons. The Morgan fingerprint density at radius 1 is 1.00 bits per heavy atom. The molecule has 0 N–H and O–H groups in total. The van der Waals surface area contributed by atoms with E-state index in [1.807, 2.05) is 0 Å². The summed E-state index contributed by atoms with van der Waals surface area (Å²) in [6.45, 7) is 3.45. The molecule has 0 saturated carbocycles. The van der Waals surface area contributed by atoms with Gasteiger partial charge in [0.05, 0.1) is 33.5 Å². The third-order valence-corrected chi connectivity index (χ3v) is 4.15. The Morgan fingerprint density at radius 3 is 2.32 bits per heavy atom. The lowest BCUT2D eigenvalue weighted by Crippen LogP contribution is -2.29. The Labute approximate surface area is 154 Å². The average Bonchev–Trinajstić information content (AvgIpc) is 2.78. The number of anilines is 1. The molecule has 128 valence electrons. The molecule has 0 spiro atoms. The lowest BCUT2D eigenvalue weighted by molar-refractivity contribution is 0.0377. The zero-order valence-electron chi connectivity index (χ0n) is 13.4. The number of rotatable bonds is 3. The lowest BCUT2D eigenvalue weighted by Gasteiger charge is -2.15. The van der Waals surface area contributed by atoms with E-state index in [1.165, 1.54) is 36.4 Å². The van der Waals surface area contributed by atoms with E-state index in [2.05, 4.69) is 0 Å². The predicted molar refractivity (Wildman–Crippen MR) is 94.6 cm³/mol. The molecule has 25 heavy (non-hydrogen) atoms. The third kappa shape index (κ3) is 3.13. The molecule has 2 aromatic rings. The van der Waals surface area contributed by atoms with Crippen LogP contribution in [0.2, 0.25) is 10.0 Å². The van der Waals surface area contributed by atoms with Crippen molar-refractivity contribution in [1.29, 1.82) is 0 Å². The maximum atomic E-state index is 12.7. The van der Waals surface area contributed by atoms with Crippen LogP contribution in [0.15, 0.2) is 36.4 Å². The summed E-state index contributed by atoms with van der Waals surface area (Å²) >= 11 is 12.0. The molecule has 1 heterocycles. The first-order valence-corrected chi connectivity index (χ1v) is 8.24. The minimum absolute atomic E-state index is 0.134. The lowest BCUT2D eigenvalue weighted by atomic mass is 10.1. The number of hydrogen-bond donors (Lipinski definition) is 0. The molecule has 7 heteroatoms. The fourth-order valence-electron chi connectivity index (χ4n) is 2.53. The Balaban J connectivity index is 2.01. The number of carbonyl (C=O) groups excluding carboxylic acids is 3. The fourth-order valence-corrected chi connectivity index (χ4v) is 3.02. The van der Waals surface area contributed by atoms with Crippen molar-refractivity contribution in [3.8, 4) is 0 Å². The summed E-state index contributed by atoms with van der Waals surface area (Å²) in [4.78, 5) is 38.3. The van der Waals surface area contributed by atoms with E-state index in [4.69, 9.17) is 27.9 Å². The van der Waals surface area contributed by atoms with E-state index in [0.717, 1.165) is 4.90 Å². The third-order valence-electron chi connectivity index (χ3n) is 3.62. The van der Waals surface area contributed by atoms with Crippen molar-refractivity contribution < 1.29 is 19.1 Å². The number of nitrogens with zero attached hydrogens (tertiary/aromatic N) is 1. The number of benzene rings is 2. The standard InChI is InChI=1S/C18H13Cl2NO4/c1-9(2)25-18(24)10-3-5-12-13(7-10)17(23)21(16(12)22)15-6-4-11(19)8-14(15)20/h3-9H,1-2H3. The summed E-state index contributed by atoms with van der Waals surface area (Å²) in [7, 11) is 0. The van der Waals surface area contributed by atoms with Crippen LogP contribution < -0.4 is 4.90 Å². The highest BCUT2D eigenvalue weighted by Crippen LogP contribution is 2.35. The second-order valence-corrected chi connectivity index (χ2v) is 6.60. The van der Waals surface area contributed by atoms with E-state index in [0.29, 0.717) is 5.02 Å². The van der Waals surface area contributed by atoms with Gasteiger partial charge in [0.1, 0.15) is 0 Å². The second kappa shape index (κ2) is 6.50. The number of carbonyl (C=O) groups is 3. The van der Waals surface area contributed by atoms with Gasteiger partial charge >= 0.3 is 5.97 Å². The van der Waals surface area contributed by atoms with E-state index in [9.17, 15) is 14.4 Å². The van der Waals surface area contributed by atoms with Crippen LogP contribution in [0.4, 0.5) is 5.69 Å². The number of esters is 1. The molecule has 0 unspecified atom stereocenters. The molecular formula is C18H13Cl2NO4.